The molecule has 1 unspecified atom stereocenters. The van der Waals surface area contributed by atoms with Crippen LogP contribution in [0, 0.1) is 5.92 Å². The van der Waals surface area contributed by atoms with Gasteiger partial charge < -0.3 is 25.6 Å². The Balaban J connectivity index is 2.23. The summed E-state index contributed by atoms with van der Waals surface area (Å²) < 4.78 is 5.18. The summed E-state index contributed by atoms with van der Waals surface area (Å²) in [6.45, 7) is 1.82. The van der Waals surface area contributed by atoms with Crippen molar-refractivity contribution in [3.63, 3.8) is 0 Å². The zero-order valence-electron chi connectivity index (χ0n) is 10.4. The van der Waals surface area contributed by atoms with E-state index in [-0.39, 0.29) is 0 Å². The molecule has 1 aliphatic heterocycles. The molecule has 0 radical (unpaired) electrons. The van der Waals surface area contributed by atoms with Crippen LogP contribution in [0.3, 0.4) is 0 Å². The van der Waals surface area contributed by atoms with Gasteiger partial charge in [0.1, 0.15) is 6.04 Å². The molecule has 8 heteroatoms. The SMILES string of the molecule is O=C(O)C[C@@H](NC(=O)NCCC1CCOC1)C(=O)O. The number of urea groups is 1. The fourth-order valence-electron chi connectivity index (χ4n) is 1.78. The van der Waals surface area contributed by atoms with Gasteiger partial charge in [0.25, 0.3) is 0 Å². The molecule has 0 bridgehead atoms. The Kier molecular flexibility index (Phi) is 6.07. The van der Waals surface area contributed by atoms with Gasteiger partial charge in [0, 0.05) is 19.8 Å². The molecule has 2 amide bonds. The molecule has 0 aromatic carbocycles. The van der Waals surface area contributed by atoms with Crippen LogP contribution in [0.5, 0.6) is 0 Å². The molecule has 1 aliphatic rings. The van der Waals surface area contributed by atoms with E-state index in [1.54, 1.807) is 0 Å². The molecule has 1 fully saturated rings. The average Bonchev–Trinajstić information content (AvgIpc) is 2.80. The lowest BCUT2D eigenvalue weighted by Crippen LogP contribution is -2.47. The smallest absolute Gasteiger partial charge is 0.326 e. The van der Waals surface area contributed by atoms with E-state index in [4.69, 9.17) is 14.9 Å². The third-order valence-corrected chi connectivity index (χ3v) is 2.84. The molecule has 1 rings (SSSR count). The van der Waals surface area contributed by atoms with Gasteiger partial charge in [-0.1, -0.05) is 0 Å². The first-order valence-corrected chi connectivity index (χ1v) is 6.05. The second-order valence-corrected chi connectivity index (χ2v) is 4.41. The third kappa shape index (κ3) is 6.05. The van der Waals surface area contributed by atoms with E-state index in [2.05, 4.69) is 10.6 Å². The highest BCUT2D eigenvalue weighted by molar-refractivity contribution is 5.86. The van der Waals surface area contributed by atoms with Crippen LogP contribution in [-0.4, -0.2) is 54.0 Å². The standard InChI is InChI=1S/C11H18N2O6/c14-9(15)5-8(10(16)17)13-11(18)12-3-1-7-2-4-19-6-7/h7-8H,1-6H2,(H,14,15)(H,16,17)(H2,12,13,18)/t7?,8-/m1/s1. The van der Waals surface area contributed by atoms with Crippen LogP contribution in [0.4, 0.5) is 4.79 Å². The highest BCUT2D eigenvalue weighted by Crippen LogP contribution is 2.14. The van der Waals surface area contributed by atoms with Crippen molar-refractivity contribution in [2.45, 2.75) is 25.3 Å². The normalized spacial score (nSPS) is 19.7. The first-order valence-electron chi connectivity index (χ1n) is 6.05. The van der Waals surface area contributed by atoms with Gasteiger partial charge in [0.05, 0.1) is 6.42 Å². The highest BCUT2D eigenvalue weighted by Gasteiger charge is 2.23. The molecule has 0 spiro atoms. The fraction of sp³-hybridized carbons (Fsp3) is 0.727. The minimum Gasteiger partial charge on any atom is -0.481 e. The number of hydrogen-bond donors (Lipinski definition) is 4. The summed E-state index contributed by atoms with van der Waals surface area (Å²) in [7, 11) is 0. The van der Waals surface area contributed by atoms with E-state index in [0.29, 0.717) is 19.1 Å². The molecule has 0 aromatic rings. The maximum Gasteiger partial charge on any atom is 0.326 e. The van der Waals surface area contributed by atoms with Crippen molar-refractivity contribution in [2.75, 3.05) is 19.8 Å². The molecule has 0 saturated carbocycles. The summed E-state index contributed by atoms with van der Waals surface area (Å²) in [6.07, 6.45) is 1.06. The largest absolute Gasteiger partial charge is 0.481 e. The van der Waals surface area contributed by atoms with E-state index in [9.17, 15) is 14.4 Å². The maximum atomic E-state index is 11.4. The second-order valence-electron chi connectivity index (χ2n) is 4.41. The van der Waals surface area contributed by atoms with Gasteiger partial charge in [-0.3, -0.25) is 4.79 Å². The molecule has 4 N–H and O–H groups in total. The third-order valence-electron chi connectivity index (χ3n) is 2.84. The van der Waals surface area contributed by atoms with Gasteiger partial charge in [-0.15, -0.1) is 0 Å². The van der Waals surface area contributed by atoms with Crippen LogP contribution in [0.25, 0.3) is 0 Å². The molecule has 0 aliphatic carbocycles. The molecule has 1 heterocycles. The Labute approximate surface area is 110 Å². The number of carbonyl (C=O) groups is 3. The number of nitrogens with one attached hydrogen (secondary N) is 2. The zero-order chi connectivity index (χ0) is 14.3. The van der Waals surface area contributed by atoms with Gasteiger partial charge in [0.15, 0.2) is 0 Å². The summed E-state index contributed by atoms with van der Waals surface area (Å²) in [6, 6.07) is -2.10. The number of carboxylic acids is 2. The lowest BCUT2D eigenvalue weighted by atomic mass is 10.1. The van der Waals surface area contributed by atoms with Gasteiger partial charge in [-0.2, -0.15) is 0 Å². The summed E-state index contributed by atoms with van der Waals surface area (Å²) in [5, 5.41) is 21.9. The molecule has 108 valence electrons. The number of amides is 2. The number of hydrogen-bond acceptors (Lipinski definition) is 4. The molecule has 8 nitrogen and oxygen atoms in total. The van der Waals surface area contributed by atoms with Crippen molar-refractivity contribution in [1.29, 1.82) is 0 Å². The number of rotatable bonds is 7. The van der Waals surface area contributed by atoms with Crippen LogP contribution in [0.15, 0.2) is 0 Å². The topological polar surface area (TPSA) is 125 Å². The molecule has 19 heavy (non-hydrogen) atoms. The maximum absolute atomic E-state index is 11.4. The lowest BCUT2D eigenvalue weighted by Gasteiger charge is -2.14. The van der Waals surface area contributed by atoms with Gasteiger partial charge >= 0.3 is 18.0 Å². The molecule has 0 aromatic heterocycles. The minimum atomic E-state index is -1.42. The number of carboxylic acid groups (broad SMARTS) is 2. The van der Waals surface area contributed by atoms with Crippen LogP contribution in [0.1, 0.15) is 19.3 Å². The van der Waals surface area contributed by atoms with Crippen molar-refractivity contribution in [3.05, 3.63) is 0 Å². The Hall–Kier alpha value is -1.83. The molecular formula is C11H18N2O6. The Morgan fingerprint density at radius 3 is 2.58 bits per heavy atom. The Bertz CT molecular complexity index is 340. The number of carbonyl (C=O) groups excluding carboxylic acids is 1. The van der Waals surface area contributed by atoms with Crippen molar-refractivity contribution in [3.8, 4) is 0 Å². The zero-order valence-corrected chi connectivity index (χ0v) is 10.4. The monoisotopic (exact) mass is 274 g/mol. The van der Waals surface area contributed by atoms with E-state index in [1.807, 2.05) is 0 Å². The van der Waals surface area contributed by atoms with Crippen molar-refractivity contribution < 1.29 is 29.3 Å². The quantitative estimate of drug-likeness (QED) is 0.502. The summed E-state index contributed by atoms with van der Waals surface area (Å²) in [5.41, 5.74) is 0. The molecule has 1 saturated heterocycles. The van der Waals surface area contributed by atoms with E-state index >= 15 is 0 Å². The number of ether oxygens (including phenoxy) is 1. The lowest BCUT2D eigenvalue weighted by molar-refractivity contribution is -0.145. The van der Waals surface area contributed by atoms with Gasteiger partial charge in [-0.25, -0.2) is 9.59 Å². The predicted octanol–water partition coefficient (Wildman–Crippen LogP) is -0.360. The number of aliphatic carboxylic acids is 2. The van der Waals surface area contributed by atoms with Crippen LogP contribution in [-0.2, 0) is 14.3 Å². The first-order chi connectivity index (χ1) is 8.99. The molecular weight excluding hydrogens is 256 g/mol. The minimum absolute atomic E-state index is 0.402. The van der Waals surface area contributed by atoms with E-state index in [0.717, 1.165) is 19.4 Å². The molecule has 2 atom stereocenters. The van der Waals surface area contributed by atoms with Crippen LogP contribution >= 0.6 is 0 Å². The van der Waals surface area contributed by atoms with E-state index < -0.39 is 30.4 Å². The van der Waals surface area contributed by atoms with Crippen molar-refractivity contribution in [1.82, 2.24) is 10.6 Å². The van der Waals surface area contributed by atoms with Crippen LogP contribution < -0.4 is 10.6 Å². The Morgan fingerprint density at radius 2 is 2.05 bits per heavy atom. The Morgan fingerprint density at radius 1 is 1.32 bits per heavy atom. The highest BCUT2D eigenvalue weighted by atomic mass is 16.5. The van der Waals surface area contributed by atoms with Crippen molar-refractivity contribution in [2.24, 2.45) is 5.92 Å². The summed E-state index contributed by atoms with van der Waals surface area (Å²) in [5.74, 6) is -2.24. The van der Waals surface area contributed by atoms with Gasteiger partial charge in [0.2, 0.25) is 0 Å². The van der Waals surface area contributed by atoms with E-state index in [1.165, 1.54) is 0 Å². The summed E-state index contributed by atoms with van der Waals surface area (Å²) in [4.78, 5) is 32.6. The first kappa shape index (κ1) is 15.2. The predicted molar refractivity (Wildman–Crippen MR) is 63.8 cm³/mol. The fourth-order valence-corrected chi connectivity index (χ4v) is 1.78. The van der Waals surface area contributed by atoms with Crippen molar-refractivity contribution >= 4 is 18.0 Å². The second kappa shape index (κ2) is 7.57. The van der Waals surface area contributed by atoms with Gasteiger partial charge in [-0.05, 0) is 18.8 Å². The summed E-state index contributed by atoms with van der Waals surface area (Å²) >= 11 is 0. The average molecular weight is 274 g/mol. The van der Waals surface area contributed by atoms with Crippen LogP contribution in [0.2, 0.25) is 0 Å².